The number of rotatable bonds is 4. The molecule has 1 saturated carbocycles. The summed E-state index contributed by atoms with van der Waals surface area (Å²) in [7, 11) is 0. The summed E-state index contributed by atoms with van der Waals surface area (Å²) in [5, 5.41) is 2.99. The van der Waals surface area contributed by atoms with Crippen LogP contribution in [0.2, 0.25) is 0 Å². The van der Waals surface area contributed by atoms with Crippen molar-refractivity contribution in [1.29, 1.82) is 0 Å². The molecule has 0 aromatic heterocycles. The standard InChI is InChI=1S/C24H27BrN2O2/c25-19-12-13-21-20(15-19)24(18-9-5-2-6-10-18)27(16-22(28)26-21)23(29)14-11-17-7-3-1-4-8-17/h2,5-6,9-10,12-13,15,17,24H,1,3-4,7-8,11,14,16H2,(H,26,28). The number of fused-ring (bicyclic) bond motifs is 1. The maximum Gasteiger partial charge on any atom is 0.244 e. The van der Waals surface area contributed by atoms with E-state index >= 15 is 0 Å². The minimum absolute atomic E-state index is 0.0624. The monoisotopic (exact) mass is 454 g/mol. The number of hydrogen-bond acceptors (Lipinski definition) is 2. The van der Waals surface area contributed by atoms with E-state index < -0.39 is 0 Å². The van der Waals surface area contributed by atoms with Crippen LogP contribution in [0.5, 0.6) is 0 Å². The van der Waals surface area contributed by atoms with Crippen molar-refractivity contribution in [2.24, 2.45) is 5.92 Å². The Bertz CT molecular complexity index is 878. The number of hydrogen-bond donors (Lipinski definition) is 1. The van der Waals surface area contributed by atoms with Crippen LogP contribution in [-0.4, -0.2) is 23.3 Å². The fourth-order valence-electron chi connectivity index (χ4n) is 4.65. The molecule has 4 rings (SSSR count). The highest BCUT2D eigenvalue weighted by Crippen LogP contribution is 2.38. The van der Waals surface area contributed by atoms with Crippen LogP contribution < -0.4 is 5.32 Å². The first-order valence-corrected chi connectivity index (χ1v) is 11.3. The number of anilines is 1. The van der Waals surface area contributed by atoms with Crippen molar-refractivity contribution < 1.29 is 9.59 Å². The molecule has 29 heavy (non-hydrogen) atoms. The van der Waals surface area contributed by atoms with E-state index in [0.717, 1.165) is 27.7 Å². The van der Waals surface area contributed by atoms with E-state index in [9.17, 15) is 9.59 Å². The molecule has 0 spiro atoms. The van der Waals surface area contributed by atoms with Gasteiger partial charge in [0.25, 0.3) is 0 Å². The lowest BCUT2D eigenvalue weighted by atomic mass is 9.86. The minimum Gasteiger partial charge on any atom is -0.324 e. The second kappa shape index (κ2) is 9.12. The number of carbonyl (C=O) groups excluding carboxylic acids is 2. The van der Waals surface area contributed by atoms with Gasteiger partial charge in [0.1, 0.15) is 6.54 Å². The molecular formula is C24H27BrN2O2. The van der Waals surface area contributed by atoms with Gasteiger partial charge in [-0.3, -0.25) is 9.59 Å². The molecule has 0 saturated heterocycles. The Morgan fingerprint density at radius 1 is 1.07 bits per heavy atom. The van der Waals surface area contributed by atoms with Crippen molar-refractivity contribution in [3.05, 3.63) is 64.1 Å². The first-order valence-electron chi connectivity index (χ1n) is 10.6. The molecule has 5 heteroatoms. The quantitative estimate of drug-likeness (QED) is 0.645. The van der Waals surface area contributed by atoms with E-state index in [4.69, 9.17) is 0 Å². The minimum atomic E-state index is -0.276. The molecule has 0 bridgehead atoms. The van der Waals surface area contributed by atoms with E-state index in [0.29, 0.717) is 12.3 Å². The van der Waals surface area contributed by atoms with Crippen LogP contribution in [0.25, 0.3) is 0 Å². The van der Waals surface area contributed by atoms with Gasteiger partial charge in [0.2, 0.25) is 11.8 Å². The second-order valence-electron chi connectivity index (χ2n) is 8.16. The average molecular weight is 455 g/mol. The van der Waals surface area contributed by atoms with Gasteiger partial charge in [0.15, 0.2) is 0 Å². The smallest absolute Gasteiger partial charge is 0.244 e. The second-order valence-corrected chi connectivity index (χ2v) is 9.07. The third-order valence-corrected chi connectivity index (χ3v) is 6.63. The Hall–Kier alpha value is -2.14. The molecule has 0 radical (unpaired) electrons. The Balaban J connectivity index is 1.66. The van der Waals surface area contributed by atoms with Crippen molar-refractivity contribution in [2.75, 3.05) is 11.9 Å². The van der Waals surface area contributed by atoms with Crippen LogP contribution in [-0.2, 0) is 9.59 Å². The van der Waals surface area contributed by atoms with E-state index in [-0.39, 0.29) is 24.4 Å². The van der Waals surface area contributed by atoms with Crippen LogP contribution in [0.1, 0.15) is 62.1 Å². The molecule has 1 unspecified atom stereocenters. The fourth-order valence-corrected chi connectivity index (χ4v) is 5.03. The number of nitrogens with one attached hydrogen (secondary N) is 1. The Kier molecular flexibility index (Phi) is 6.34. The van der Waals surface area contributed by atoms with Crippen LogP contribution in [0.15, 0.2) is 53.0 Å². The van der Waals surface area contributed by atoms with Gasteiger partial charge in [-0.2, -0.15) is 0 Å². The summed E-state index contributed by atoms with van der Waals surface area (Å²) in [6, 6.07) is 15.6. The molecule has 2 amide bonds. The summed E-state index contributed by atoms with van der Waals surface area (Å²) in [5.41, 5.74) is 2.74. The fraction of sp³-hybridized carbons (Fsp3) is 0.417. The Morgan fingerprint density at radius 3 is 2.59 bits per heavy atom. The number of amides is 2. The molecule has 1 N–H and O–H groups in total. The third kappa shape index (κ3) is 4.72. The first-order chi connectivity index (χ1) is 14.1. The van der Waals surface area contributed by atoms with Crippen molar-refractivity contribution in [3.8, 4) is 0 Å². The molecule has 1 atom stereocenters. The van der Waals surface area contributed by atoms with Crippen molar-refractivity contribution in [1.82, 2.24) is 4.90 Å². The summed E-state index contributed by atoms with van der Waals surface area (Å²) in [4.78, 5) is 27.7. The summed E-state index contributed by atoms with van der Waals surface area (Å²) < 4.78 is 0.933. The molecule has 1 aliphatic heterocycles. The molecule has 2 aromatic carbocycles. The van der Waals surface area contributed by atoms with E-state index in [1.807, 2.05) is 48.5 Å². The lowest BCUT2D eigenvalue weighted by Gasteiger charge is -2.31. The predicted octanol–water partition coefficient (Wildman–Crippen LogP) is 5.68. The number of benzene rings is 2. The first kappa shape index (κ1) is 20.1. The van der Waals surface area contributed by atoms with E-state index in [2.05, 4.69) is 21.2 Å². The maximum absolute atomic E-state index is 13.4. The normalized spacial score (nSPS) is 20.0. The highest BCUT2D eigenvalue weighted by Gasteiger charge is 2.33. The largest absolute Gasteiger partial charge is 0.324 e. The van der Waals surface area contributed by atoms with Gasteiger partial charge in [0, 0.05) is 22.1 Å². The molecule has 2 aromatic rings. The van der Waals surface area contributed by atoms with Crippen molar-refractivity contribution in [3.63, 3.8) is 0 Å². The van der Waals surface area contributed by atoms with Crippen molar-refractivity contribution >= 4 is 33.4 Å². The Morgan fingerprint density at radius 2 is 1.83 bits per heavy atom. The SMILES string of the molecule is O=C1CN(C(=O)CCC2CCCCC2)C(c2ccccc2)c2cc(Br)ccc2N1. The number of nitrogens with zero attached hydrogens (tertiary/aromatic N) is 1. The highest BCUT2D eigenvalue weighted by atomic mass is 79.9. The highest BCUT2D eigenvalue weighted by molar-refractivity contribution is 9.10. The van der Waals surface area contributed by atoms with Crippen LogP contribution in [0.3, 0.4) is 0 Å². The molecule has 1 fully saturated rings. The zero-order chi connectivity index (χ0) is 20.2. The van der Waals surface area contributed by atoms with Gasteiger partial charge >= 0.3 is 0 Å². The number of carbonyl (C=O) groups is 2. The van der Waals surface area contributed by atoms with E-state index in [1.54, 1.807) is 4.90 Å². The van der Waals surface area contributed by atoms with Crippen LogP contribution in [0.4, 0.5) is 5.69 Å². The summed E-state index contributed by atoms with van der Waals surface area (Å²) in [5.74, 6) is 0.565. The third-order valence-electron chi connectivity index (χ3n) is 6.13. The van der Waals surface area contributed by atoms with Crippen LogP contribution >= 0.6 is 15.9 Å². The topological polar surface area (TPSA) is 49.4 Å². The molecule has 152 valence electrons. The van der Waals surface area contributed by atoms with Gasteiger partial charge in [-0.15, -0.1) is 0 Å². The molecule has 1 heterocycles. The molecule has 4 nitrogen and oxygen atoms in total. The van der Waals surface area contributed by atoms with Gasteiger partial charge in [-0.05, 0) is 36.1 Å². The van der Waals surface area contributed by atoms with Gasteiger partial charge in [-0.25, -0.2) is 0 Å². The Labute approximate surface area is 180 Å². The van der Waals surface area contributed by atoms with Crippen molar-refractivity contribution in [2.45, 2.75) is 51.0 Å². The predicted molar refractivity (Wildman–Crippen MR) is 119 cm³/mol. The zero-order valence-corrected chi connectivity index (χ0v) is 18.2. The van der Waals surface area contributed by atoms with Gasteiger partial charge < -0.3 is 10.2 Å². The summed E-state index contributed by atoms with van der Waals surface area (Å²) in [6.45, 7) is 0.0787. The van der Waals surface area contributed by atoms with E-state index in [1.165, 1.54) is 32.1 Å². The molecular weight excluding hydrogens is 428 g/mol. The molecule has 1 aliphatic carbocycles. The number of halogens is 1. The van der Waals surface area contributed by atoms with Gasteiger partial charge in [0.05, 0.1) is 6.04 Å². The average Bonchev–Trinajstić information content (AvgIpc) is 2.89. The van der Waals surface area contributed by atoms with Gasteiger partial charge in [-0.1, -0.05) is 78.4 Å². The lowest BCUT2D eigenvalue weighted by molar-refractivity contribution is -0.136. The summed E-state index contributed by atoms with van der Waals surface area (Å²) in [6.07, 6.45) is 7.75. The zero-order valence-electron chi connectivity index (χ0n) is 16.6. The molecule has 2 aliphatic rings. The van der Waals surface area contributed by atoms with Crippen LogP contribution in [0, 0.1) is 5.92 Å². The maximum atomic E-state index is 13.4. The lowest BCUT2D eigenvalue weighted by Crippen LogP contribution is -2.39. The summed E-state index contributed by atoms with van der Waals surface area (Å²) >= 11 is 3.55.